The molecule has 0 aliphatic heterocycles. The van der Waals surface area contributed by atoms with Gasteiger partial charge in [-0.2, -0.15) is 10.2 Å². The molecule has 1 amide bonds. The molecule has 0 spiro atoms. The first-order chi connectivity index (χ1) is 13.8. The number of hydrogen-bond acceptors (Lipinski definition) is 8. The van der Waals surface area contributed by atoms with Crippen LogP contribution < -0.4 is 10.1 Å². The summed E-state index contributed by atoms with van der Waals surface area (Å²) in [7, 11) is 0. The van der Waals surface area contributed by atoms with Crippen LogP contribution in [0.2, 0.25) is 0 Å². The van der Waals surface area contributed by atoms with Gasteiger partial charge in [-0.25, -0.2) is 0 Å². The van der Waals surface area contributed by atoms with Crippen LogP contribution in [0.4, 0.5) is 5.69 Å². The van der Waals surface area contributed by atoms with E-state index in [-0.39, 0.29) is 18.3 Å². The van der Waals surface area contributed by atoms with E-state index in [1.165, 1.54) is 0 Å². The standard InChI is InChI=1S/C18H15N7O3/c26-15(10-11-16-20-17(23-28-16)12-4-2-1-3-5-12)19-13-6-8-14(9-7-13)27-18-21-24-25-22-18/h1-9H,10-11H2,(H,19,26)(H,21,22,24,25). The molecule has 2 N–H and O–H groups in total. The average molecular weight is 377 g/mol. The highest BCUT2D eigenvalue weighted by Gasteiger charge is 2.11. The Bertz CT molecular complexity index is 1030. The normalized spacial score (nSPS) is 10.6. The second-order valence-electron chi connectivity index (χ2n) is 5.75. The number of rotatable bonds is 7. The van der Waals surface area contributed by atoms with Crippen LogP contribution in [0.1, 0.15) is 12.3 Å². The van der Waals surface area contributed by atoms with Gasteiger partial charge >= 0.3 is 6.01 Å². The lowest BCUT2D eigenvalue weighted by Gasteiger charge is -2.05. The monoisotopic (exact) mass is 377 g/mol. The van der Waals surface area contributed by atoms with Gasteiger partial charge in [-0.05, 0) is 29.5 Å². The van der Waals surface area contributed by atoms with E-state index in [1.807, 2.05) is 30.3 Å². The summed E-state index contributed by atoms with van der Waals surface area (Å²) in [5, 5.41) is 19.8. The number of aromatic nitrogens is 6. The number of aryl methyl sites for hydroxylation is 1. The first-order valence-electron chi connectivity index (χ1n) is 8.45. The summed E-state index contributed by atoms with van der Waals surface area (Å²) >= 11 is 0. The molecule has 4 rings (SSSR count). The fourth-order valence-electron chi connectivity index (χ4n) is 2.41. The zero-order valence-corrected chi connectivity index (χ0v) is 14.6. The van der Waals surface area contributed by atoms with Gasteiger partial charge in [0.2, 0.25) is 17.6 Å². The molecule has 0 saturated carbocycles. The Morgan fingerprint density at radius 3 is 2.68 bits per heavy atom. The molecule has 0 aliphatic carbocycles. The number of nitrogens with zero attached hydrogens (tertiary/aromatic N) is 5. The van der Waals surface area contributed by atoms with Gasteiger partial charge in [0.05, 0.1) is 0 Å². The number of hydrogen-bond donors (Lipinski definition) is 2. The van der Waals surface area contributed by atoms with Crippen LogP contribution in [0.15, 0.2) is 59.1 Å². The van der Waals surface area contributed by atoms with Crippen LogP contribution in [0, 0.1) is 0 Å². The SMILES string of the molecule is O=C(CCc1nc(-c2ccccc2)no1)Nc1ccc(Oc2nn[nH]n2)cc1. The summed E-state index contributed by atoms with van der Waals surface area (Å²) in [6, 6.07) is 16.4. The van der Waals surface area contributed by atoms with Crippen LogP contribution in [0.3, 0.4) is 0 Å². The molecule has 10 nitrogen and oxygen atoms in total. The Morgan fingerprint density at radius 1 is 1.11 bits per heavy atom. The molecule has 2 aromatic heterocycles. The third kappa shape index (κ3) is 4.36. The lowest BCUT2D eigenvalue weighted by Crippen LogP contribution is -2.12. The molecule has 0 saturated heterocycles. The highest BCUT2D eigenvalue weighted by molar-refractivity contribution is 5.90. The summed E-state index contributed by atoms with van der Waals surface area (Å²) in [6.07, 6.45) is 0.572. The lowest BCUT2D eigenvalue weighted by atomic mass is 10.2. The van der Waals surface area contributed by atoms with E-state index < -0.39 is 0 Å². The van der Waals surface area contributed by atoms with Crippen molar-refractivity contribution in [2.45, 2.75) is 12.8 Å². The van der Waals surface area contributed by atoms with Crippen LogP contribution in [0.25, 0.3) is 11.4 Å². The second-order valence-corrected chi connectivity index (χ2v) is 5.75. The zero-order valence-electron chi connectivity index (χ0n) is 14.6. The average Bonchev–Trinajstić information content (AvgIpc) is 3.41. The smallest absolute Gasteiger partial charge is 0.361 e. The number of anilines is 1. The van der Waals surface area contributed by atoms with Crippen molar-refractivity contribution in [1.82, 2.24) is 30.8 Å². The van der Waals surface area contributed by atoms with Crippen molar-refractivity contribution >= 4 is 11.6 Å². The molecule has 0 unspecified atom stereocenters. The van der Waals surface area contributed by atoms with Crippen molar-refractivity contribution < 1.29 is 14.1 Å². The number of tetrazole rings is 1. The lowest BCUT2D eigenvalue weighted by molar-refractivity contribution is -0.116. The maximum Gasteiger partial charge on any atom is 0.361 e. The van der Waals surface area contributed by atoms with Crippen molar-refractivity contribution in [3.05, 3.63) is 60.5 Å². The van der Waals surface area contributed by atoms with Crippen LogP contribution >= 0.6 is 0 Å². The number of H-pyrrole nitrogens is 1. The maximum absolute atomic E-state index is 12.1. The van der Waals surface area contributed by atoms with Gasteiger partial charge in [0.25, 0.3) is 0 Å². The van der Waals surface area contributed by atoms with Crippen molar-refractivity contribution in [3.63, 3.8) is 0 Å². The number of aromatic amines is 1. The van der Waals surface area contributed by atoms with Gasteiger partial charge in [0.1, 0.15) is 5.75 Å². The van der Waals surface area contributed by atoms with Gasteiger partial charge in [-0.3, -0.25) is 4.79 Å². The Hall–Kier alpha value is -4.08. The molecule has 0 atom stereocenters. The Balaban J connectivity index is 1.28. The van der Waals surface area contributed by atoms with Gasteiger partial charge in [0, 0.05) is 24.1 Å². The zero-order chi connectivity index (χ0) is 19.2. The van der Waals surface area contributed by atoms with Crippen LogP contribution in [-0.2, 0) is 11.2 Å². The van der Waals surface area contributed by atoms with E-state index in [0.717, 1.165) is 5.56 Å². The van der Waals surface area contributed by atoms with Crippen molar-refractivity contribution in [3.8, 4) is 23.1 Å². The summed E-state index contributed by atoms with van der Waals surface area (Å²) in [5.41, 5.74) is 1.51. The predicted octanol–water partition coefficient (Wildman–Crippen LogP) is 2.61. The molecule has 0 fully saturated rings. The maximum atomic E-state index is 12.1. The van der Waals surface area contributed by atoms with Gasteiger partial charge in [0.15, 0.2) is 0 Å². The molecule has 0 radical (unpaired) electrons. The van der Waals surface area contributed by atoms with Crippen molar-refractivity contribution in [2.75, 3.05) is 5.32 Å². The second kappa shape index (κ2) is 8.08. The third-order valence-corrected chi connectivity index (χ3v) is 3.74. The Labute approximate surface area is 158 Å². The first kappa shape index (κ1) is 17.3. The van der Waals surface area contributed by atoms with Crippen molar-refractivity contribution in [1.29, 1.82) is 0 Å². The molecule has 28 heavy (non-hydrogen) atoms. The Morgan fingerprint density at radius 2 is 1.93 bits per heavy atom. The predicted molar refractivity (Wildman–Crippen MR) is 97.4 cm³/mol. The largest absolute Gasteiger partial charge is 0.422 e. The molecule has 4 aromatic rings. The van der Waals surface area contributed by atoms with E-state index in [0.29, 0.717) is 29.6 Å². The third-order valence-electron chi connectivity index (χ3n) is 3.74. The van der Waals surface area contributed by atoms with Crippen LogP contribution in [-0.4, -0.2) is 36.7 Å². The fraction of sp³-hybridized carbons (Fsp3) is 0.111. The number of ether oxygens (including phenoxy) is 1. The minimum Gasteiger partial charge on any atom is -0.422 e. The van der Waals surface area contributed by atoms with E-state index >= 15 is 0 Å². The number of carbonyl (C=O) groups excluding carboxylic acids is 1. The van der Waals surface area contributed by atoms with Gasteiger partial charge in [-0.15, -0.1) is 0 Å². The molecule has 2 aromatic carbocycles. The summed E-state index contributed by atoms with van der Waals surface area (Å²) in [4.78, 5) is 16.5. The molecular weight excluding hydrogens is 362 g/mol. The van der Waals surface area contributed by atoms with E-state index in [9.17, 15) is 4.79 Å². The molecular formula is C18H15N7O3. The molecule has 140 valence electrons. The van der Waals surface area contributed by atoms with Gasteiger partial charge < -0.3 is 14.6 Å². The Kier molecular flexibility index (Phi) is 5.00. The van der Waals surface area contributed by atoms with Crippen molar-refractivity contribution in [2.24, 2.45) is 0 Å². The topological polar surface area (TPSA) is 132 Å². The minimum atomic E-state index is -0.161. The highest BCUT2D eigenvalue weighted by Crippen LogP contribution is 2.20. The summed E-state index contributed by atoms with van der Waals surface area (Å²) in [5.74, 6) is 1.29. The molecule has 0 bridgehead atoms. The van der Waals surface area contributed by atoms with Crippen LogP contribution in [0.5, 0.6) is 11.8 Å². The fourth-order valence-corrected chi connectivity index (χ4v) is 2.41. The van der Waals surface area contributed by atoms with E-state index in [2.05, 4.69) is 36.1 Å². The van der Waals surface area contributed by atoms with Gasteiger partial charge in [-0.1, -0.05) is 45.7 Å². The molecule has 10 heteroatoms. The molecule has 0 aliphatic rings. The quantitative estimate of drug-likeness (QED) is 0.502. The number of benzene rings is 2. The molecule has 2 heterocycles. The number of nitrogens with one attached hydrogen (secondary N) is 2. The number of carbonyl (C=O) groups is 1. The highest BCUT2D eigenvalue weighted by atomic mass is 16.5. The first-order valence-corrected chi connectivity index (χ1v) is 8.45. The van der Waals surface area contributed by atoms with E-state index in [4.69, 9.17) is 9.26 Å². The summed E-state index contributed by atoms with van der Waals surface area (Å²) < 4.78 is 10.6. The van der Waals surface area contributed by atoms with E-state index in [1.54, 1.807) is 24.3 Å². The summed E-state index contributed by atoms with van der Waals surface area (Å²) in [6.45, 7) is 0. The minimum absolute atomic E-state index is 0.117. The number of amides is 1.